The minimum Gasteiger partial charge on any atom is -0.493 e. The van der Waals surface area contributed by atoms with E-state index in [1.165, 1.54) is 12.1 Å². The third-order valence-electron chi connectivity index (χ3n) is 1.88. The van der Waals surface area contributed by atoms with E-state index in [0.717, 1.165) is 0 Å². The molecule has 0 atom stereocenters. The van der Waals surface area contributed by atoms with Crippen LogP contribution in [0.25, 0.3) is 0 Å². The van der Waals surface area contributed by atoms with Crippen LogP contribution < -0.4 is 10.1 Å². The summed E-state index contributed by atoms with van der Waals surface area (Å²) in [5.41, 5.74) is 0.0959. The van der Waals surface area contributed by atoms with Gasteiger partial charge in [0.25, 0.3) is 5.91 Å². The number of carbonyl (C=O) groups is 1. The highest BCUT2D eigenvalue weighted by Crippen LogP contribution is 2.18. The summed E-state index contributed by atoms with van der Waals surface area (Å²) in [6, 6.07) is 6.15. The predicted molar refractivity (Wildman–Crippen MR) is 56.0 cm³/mol. The molecule has 94 valence electrons. The molecule has 1 N–H and O–H groups in total. The Morgan fingerprint density at radius 2 is 2.00 bits per heavy atom. The molecule has 0 aliphatic heterocycles. The zero-order valence-electron chi connectivity index (χ0n) is 9.17. The molecule has 0 aromatic heterocycles. The van der Waals surface area contributed by atoms with E-state index in [4.69, 9.17) is 4.74 Å². The molecule has 0 aliphatic carbocycles. The van der Waals surface area contributed by atoms with Crippen molar-refractivity contribution in [3.8, 4) is 5.75 Å². The van der Waals surface area contributed by atoms with E-state index in [2.05, 4.69) is 0 Å². The lowest BCUT2D eigenvalue weighted by atomic mass is 10.2. The average molecular weight is 247 g/mol. The normalized spacial score (nSPS) is 11.1. The first-order valence-corrected chi connectivity index (χ1v) is 5.01. The van der Waals surface area contributed by atoms with Gasteiger partial charge in [-0.25, -0.2) is 0 Å². The molecular formula is C11H12F3NO2. The van der Waals surface area contributed by atoms with Gasteiger partial charge in [-0.05, 0) is 19.1 Å². The van der Waals surface area contributed by atoms with Gasteiger partial charge in [0.15, 0.2) is 0 Å². The van der Waals surface area contributed by atoms with Crippen molar-refractivity contribution in [2.45, 2.75) is 13.1 Å². The molecule has 1 aromatic carbocycles. The lowest BCUT2D eigenvalue weighted by Gasteiger charge is -2.11. The Kier molecular flexibility index (Phi) is 4.37. The number of rotatable bonds is 4. The molecule has 0 bridgehead atoms. The molecule has 1 rings (SSSR count). The second-order valence-corrected chi connectivity index (χ2v) is 3.23. The van der Waals surface area contributed by atoms with Crippen LogP contribution in [0.1, 0.15) is 17.3 Å². The van der Waals surface area contributed by atoms with Gasteiger partial charge in [0.1, 0.15) is 12.3 Å². The lowest BCUT2D eigenvalue weighted by molar-refractivity contribution is -0.123. The van der Waals surface area contributed by atoms with E-state index in [-0.39, 0.29) is 11.3 Å². The molecule has 0 unspecified atom stereocenters. The molecule has 0 fully saturated rings. The number of alkyl halides is 3. The topological polar surface area (TPSA) is 38.3 Å². The van der Waals surface area contributed by atoms with Crippen molar-refractivity contribution < 1.29 is 22.7 Å². The number of halogens is 3. The molecule has 1 amide bonds. The standard InChI is InChI=1S/C11H12F3NO2/c1-2-17-9-6-4-3-5-8(9)10(16)15-7-11(12,13)14/h3-6H,2,7H2,1H3,(H,15,16). The Morgan fingerprint density at radius 3 is 2.59 bits per heavy atom. The third kappa shape index (κ3) is 4.34. The lowest BCUT2D eigenvalue weighted by Crippen LogP contribution is -2.33. The number of hydrogen-bond acceptors (Lipinski definition) is 2. The second-order valence-electron chi connectivity index (χ2n) is 3.23. The first-order valence-electron chi connectivity index (χ1n) is 5.01. The highest BCUT2D eigenvalue weighted by Gasteiger charge is 2.28. The molecule has 17 heavy (non-hydrogen) atoms. The van der Waals surface area contributed by atoms with Crippen LogP contribution in [0.4, 0.5) is 13.2 Å². The fraction of sp³-hybridized carbons (Fsp3) is 0.364. The summed E-state index contributed by atoms with van der Waals surface area (Å²) in [6.07, 6.45) is -4.42. The van der Waals surface area contributed by atoms with Crippen LogP contribution in [-0.4, -0.2) is 25.2 Å². The van der Waals surface area contributed by atoms with Crippen molar-refractivity contribution in [1.82, 2.24) is 5.32 Å². The van der Waals surface area contributed by atoms with Crippen molar-refractivity contribution in [2.75, 3.05) is 13.2 Å². The number of benzene rings is 1. The van der Waals surface area contributed by atoms with Gasteiger partial charge in [0, 0.05) is 0 Å². The molecule has 1 aromatic rings. The quantitative estimate of drug-likeness (QED) is 0.887. The number of para-hydroxylation sites is 1. The van der Waals surface area contributed by atoms with Crippen LogP contribution in [0, 0.1) is 0 Å². The summed E-state index contributed by atoms with van der Waals surface area (Å²) in [4.78, 5) is 11.5. The fourth-order valence-electron chi connectivity index (χ4n) is 1.21. The van der Waals surface area contributed by atoms with Crippen LogP contribution in [0.3, 0.4) is 0 Å². The van der Waals surface area contributed by atoms with Gasteiger partial charge >= 0.3 is 6.18 Å². The van der Waals surface area contributed by atoms with E-state index < -0.39 is 18.6 Å². The highest BCUT2D eigenvalue weighted by atomic mass is 19.4. The minimum absolute atomic E-state index is 0.0959. The number of nitrogens with one attached hydrogen (secondary N) is 1. The van der Waals surface area contributed by atoms with Gasteiger partial charge in [-0.15, -0.1) is 0 Å². The van der Waals surface area contributed by atoms with Crippen molar-refractivity contribution in [3.63, 3.8) is 0 Å². The summed E-state index contributed by atoms with van der Waals surface area (Å²) in [6.45, 7) is 0.709. The van der Waals surface area contributed by atoms with Crippen LogP contribution in [0.2, 0.25) is 0 Å². The maximum Gasteiger partial charge on any atom is 0.405 e. The van der Waals surface area contributed by atoms with Gasteiger partial charge in [0.05, 0.1) is 12.2 Å². The molecule has 0 saturated heterocycles. The molecule has 0 spiro atoms. The molecule has 0 heterocycles. The van der Waals surface area contributed by atoms with Gasteiger partial charge in [0.2, 0.25) is 0 Å². The molecule has 0 aliphatic rings. The molecule has 0 saturated carbocycles. The first-order chi connectivity index (χ1) is 7.94. The summed E-state index contributed by atoms with van der Waals surface area (Å²) in [5.74, 6) is -0.527. The number of ether oxygens (including phenoxy) is 1. The third-order valence-corrected chi connectivity index (χ3v) is 1.88. The number of amides is 1. The van der Waals surface area contributed by atoms with Crippen molar-refractivity contribution >= 4 is 5.91 Å². The molecule has 0 radical (unpaired) electrons. The molecule has 3 nitrogen and oxygen atoms in total. The van der Waals surface area contributed by atoms with E-state index in [1.54, 1.807) is 24.4 Å². The zero-order valence-corrected chi connectivity index (χ0v) is 9.17. The Bertz CT molecular complexity index is 391. The van der Waals surface area contributed by atoms with E-state index in [1.807, 2.05) is 0 Å². The van der Waals surface area contributed by atoms with Crippen LogP contribution in [-0.2, 0) is 0 Å². The summed E-state index contributed by atoms with van der Waals surface area (Å²) in [5, 5.41) is 1.79. The minimum atomic E-state index is -4.42. The van der Waals surface area contributed by atoms with Gasteiger partial charge in [-0.3, -0.25) is 4.79 Å². The highest BCUT2D eigenvalue weighted by molar-refractivity contribution is 5.96. The SMILES string of the molecule is CCOc1ccccc1C(=O)NCC(F)(F)F. The van der Waals surface area contributed by atoms with Crippen LogP contribution >= 0.6 is 0 Å². The van der Waals surface area contributed by atoms with E-state index in [9.17, 15) is 18.0 Å². The van der Waals surface area contributed by atoms with Crippen molar-refractivity contribution in [1.29, 1.82) is 0 Å². The van der Waals surface area contributed by atoms with Crippen LogP contribution in [0.5, 0.6) is 5.75 Å². The molecular weight excluding hydrogens is 235 g/mol. The van der Waals surface area contributed by atoms with E-state index in [0.29, 0.717) is 6.61 Å². The monoisotopic (exact) mass is 247 g/mol. The summed E-state index contributed by atoms with van der Waals surface area (Å²) in [7, 11) is 0. The maximum atomic E-state index is 11.9. The number of hydrogen-bond donors (Lipinski definition) is 1. The fourth-order valence-corrected chi connectivity index (χ4v) is 1.21. The Hall–Kier alpha value is -1.72. The second kappa shape index (κ2) is 5.56. The van der Waals surface area contributed by atoms with E-state index >= 15 is 0 Å². The smallest absolute Gasteiger partial charge is 0.405 e. The van der Waals surface area contributed by atoms with Crippen molar-refractivity contribution in [2.24, 2.45) is 0 Å². The Morgan fingerprint density at radius 1 is 1.35 bits per heavy atom. The predicted octanol–water partition coefficient (Wildman–Crippen LogP) is 2.38. The maximum absolute atomic E-state index is 11.9. The summed E-state index contributed by atoms with van der Waals surface area (Å²) >= 11 is 0. The summed E-state index contributed by atoms with van der Waals surface area (Å²) < 4.78 is 41.0. The Balaban J connectivity index is 2.74. The molecule has 6 heteroatoms. The van der Waals surface area contributed by atoms with Crippen molar-refractivity contribution in [3.05, 3.63) is 29.8 Å². The van der Waals surface area contributed by atoms with Gasteiger partial charge in [-0.2, -0.15) is 13.2 Å². The zero-order chi connectivity index (χ0) is 12.9. The number of carbonyl (C=O) groups excluding carboxylic acids is 1. The Labute approximate surface area is 96.6 Å². The van der Waals surface area contributed by atoms with Gasteiger partial charge < -0.3 is 10.1 Å². The average Bonchev–Trinajstić information content (AvgIpc) is 2.26. The first kappa shape index (κ1) is 13.3. The van der Waals surface area contributed by atoms with Crippen LogP contribution in [0.15, 0.2) is 24.3 Å². The largest absolute Gasteiger partial charge is 0.493 e. The van der Waals surface area contributed by atoms with Gasteiger partial charge in [-0.1, -0.05) is 12.1 Å².